The van der Waals surface area contributed by atoms with E-state index in [0.717, 1.165) is 28.7 Å². The predicted octanol–water partition coefficient (Wildman–Crippen LogP) is 3.29. The fourth-order valence-electron chi connectivity index (χ4n) is 3.13. The average molecular weight is 366 g/mol. The maximum atomic E-state index is 12.7. The van der Waals surface area contributed by atoms with Gasteiger partial charge in [-0.1, -0.05) is 32.0 Å². The number of pyridine rings is 1. The molecule has 3 aromatic rings. The number of benzene rings is 1. The number of aromatic nitrogens is 4. The number of para-hydroxylation sites is 1. The number of carbonyl (C=O) groups excluding carboxylic acids is 1. The Morgan fingerprint density at radius 3 is 2.74 bits per heavy atom. The molecule has 1 N–H and O–H groups in total. The highest BCUT2D eigenvalue weighted by molar-refractivity contribution is 5.79. The number of amides is 2. The van der Waals surface area contributed by atoms with Crippen molar-refractivity contribution < 1.29 is 4.79 Å². The number of nitrogens with one attached hydrogen (secondary N) is 1. The molecular formula is C20H26N6O. The maximum absolute atomic E-state index is 12.7. The van der Waals surface area contributed by atoms with E-state index in [1.54, 1.807) is 16.6 Å². The fourth-order valence-corrected chi connectivity index (χ4v) is 3.13. The molecule has 1 atom stereocenters. The molecule has 0 aliphatic rings. The Labute approximate surface area is 159 Å². The van der Waals surface area contributed by atoms with Crippen LogP contribution >= 0.6 is 0 Å². The van der Waals surface area contributed by atoms with Crippen LogP contribution in [0.25, 0.3) is 10.9 Å². The molecule has 0 fully saturated rings. The number of aryl methyl sites for hydroxylation is 1. The second kappa shape index (κ2) is 8.16. The van der Waals surface area contributed by atoms with Gasteiger partial charge in [-0.15, -0.1) is 0 Å². The first-order valence-corrected chi connectivity index (χ1v) is 9.13. The summed E-state index contributed by atoms with van der Waals surface area (Å²) in [5.74, 6) is 1.18. The van der Waals surface area contributed by atoms with E-state index in [4.69, 9.17) is 0 Å². The zero-order valence-corrected chi connectivity index (χ0v) is 16.3. The van der Waals surface area contributed by atoms with Crippen LogP contribution in [-0.4, -0.2) is 37.7 Å². The van der Waals surface area contributed by atoms with E-state index >= 15 is 0 Å². The summed E-state index contributed by atoms with van der Waals surface area (Å²) in [4.78, 5) is 23.2. The summed E-state index contributed by atoms with van der Waals surface area (Å²) >= 11 is 0. The molecule has 2 heterocycles. The lowest BCUT2D eigenvalue weighted by atomic mass is 10.0. The van der Waals surface area contributed by atoms with Crippen LogP contribution in [0.1, 0.15) is 37.7 Å². The molecule has 2 amide bonds. The van der Waals surface area contributed by atoms with E-state index in [9.17, 15) is 4.79 Å². The number of nitrogens with zero attached hydrogens (tertiary/aromatic N) is 5. The van der Waals surface area contributed by atoms with Gasteiger partial charge in [-0.3, -0.25) is 9.67 Å². The third-order valence-corrected chi connectivity index (χ3v) is 4.48. The summed E-state index contributed by atoms with van der Waals surface area (Å²) in [6.45, 7) is 4.73. The topological polar surface area (TPSA) is 75.9 Å². The van der Waals surface area contributed by atoms with Crippen molar-refractivity contribution in [2.45, 2.75) is 32.9 Å². The van der Waals surface area contributed by atoms with E-state index < -0.39 is 0 Å². The van der Waals surface area contributed by atoms with Crippen LogP contribution in [0.4, 0.5) is 4.79 Å². The molecule has 1 aromatic carbocycles. The van der Waals surface area contributed by atoms with Crippen molar-refractivity contribution in [3.05, 3.63) is 54.2 Å². The van der Waals surface area contributed by atoms with Gasteiger partial charge in [0.15, 0.2) is 0 Å². The largest absolute Gasteiger partial charge is 0.328 e. The van der Waals surface area contributed by atoms with Crippen LogP contribution in [0.5, 0.6) is 0 Å². The Balaban J connectivity index is 1.70. The summed E-state index contributed by atoms with van der Waals surface area (Å²) in [5.41, 5.74) is 1.94. The summed E-state index contributed by atoms with van der Waals surface area (Å²) in [7, 11) is 3.62. The van der Waals surface area contributed by atoms with Gasteiger partial charge < -0.3 is 10.2 Å². The Bertz CT molecular complexity index is 919. The Morgan fingerprint density at radius 1 is 1.26 bits per heavy atom. The minimum absolute atomic E-state index is 0.142. The number of hydrogen-bond acceptors (Lipinski definition) is 4. The molecule has 2 aromatic heterocycles. The van der Waals surface area contributed by atoms with Crippen molar-refractivity contribution in [2.75, 3.05) is 7.05 Å². The summed E-state index contributed by atoms with van der Waals surface area (Å²) < 4.78 is 1.71. The van der Waals surface area contributed by atoms with Crippen LogP contribution < -0.4 is 5.32 Å². The monoisotopic (exact) mass is 366 g/mol. The first kappa shape index (κ1) is 18.8. The van der Waals surface area contributed by atoms with Crippen molar-refractivity contribution in [3.8, 4) is 0 Å². The molecule has 0 saturated heterocycles. The first-order valence-electron chi connectivity index (χ1n) is 9.13. The van der Waals surface area contributed by atoms with Crippen molar-refractivity contribution in [3.63, 3.8) is 0 Å². The van der Waals surface area contributed by atoms with Crippen LogP contribution in [0.15, 0.2) is 42.9 Å². The summed E-state index contributed by atoms with van der Waals surface area (Å²) in [6.07, 6.45) is 4.13. The lowest BCUT2D eigenvalue weighted by Gasteiger charge is -2.24. The second-order valence-electron chi connectivity index (χ2n) is 7.27. The minimum Gasteiger partial charge on any atom is -0.328 e. The number of fused-ring (bicyclic) bond motifs is 1. The smallest absolute Gasteiger partial charge is 0.318 e. The highest BCUT2D eigenvalue weighted by atomic mass is 16.2. The molecule has 0 aliphatic heterocycles. The quantitative estimate of drug-likeness (QED) is 0.726. The van der Waals surface area contributed by atoms with Crippen LogP contribution in [0.2, 0.25) is 0 Å². The van der Waals surface area contributed by atoms with Gasteiger partial charge in [-0.05, 0) is 30.0 Å². The number of urea groups is 1. The van der Waals surface area contributed by atoms with Gasteiger partial charge in [0.2, 0.25) is 0 Å². The van der Waals surface area contributed by atoms with Crippen molar-refractivity contribution in [2.24, 2.45) is 13.0 Å². The Kier molecular flexibility index (Phi) is 5.69. The normalized spacial score (nSPS) is 12.3. The van der Waals surface area contributed by atoms with Crippen molar-refractivity contribution >= 4 is 16.9 Å². The van der Waals surface area contributed by atoms with E-state index in [1.165, 1.54) is 6.33 Å². The molecule has 0 unspecified atom stereocenters. The predicted molar refractivity (Wildman–Crippen MR) is 105 cm³/mol. The SMILES string of the molecule is CC(C)C[C@H](NC(=O)N(C)Cc1cnc2ccccc2c1)c1ncnn1C. The highest BCUT2D eigenvalue weighted by Gasteiger charge is 2.22. The van der Waals surface area contributed by atoms with Crippen molar-refractivity contribution in [1.82, 2.24) is 30.0 Å². The molecule has 27 heavy (non-hydrogen) atoms. The molecule has 0 bridgehead atoms. The zero-order valence-electron chi connectivity index (χ0n) is 16.3. The lowest BCUT2D eigenvalue weighted by Crippen LogP contribution is -2.40. The van der Waals surface area contributed by atoms with E-state index in [1.807, 2.05) is 37.5 Å². The summed E-state index contributed by atoms with van der Waals surface area (Å²) in [6, 6.07) is 9.71. The minimum atomic E-state index is -0.179. The van der Waals surface area contributed by atoms with Crippen LogP contribution in [-0.2, 0) is 13.6 Å². The highest BCUT2D eigenvalue weighted by Crippen LogP contribution is 2.19. The third-order valence-electron chi connectivity index (χ3n) is 4.48. The molecule has 0 spiro atoms. The second-order valence-corrected chi connectivity index (χ2v) is 7.27. The van der Waals surface area contributed by atoms with Gasteiger partial charge in [0, 0.05) is 32.2 Å². The molecule has 7 nitrogen and oxygen atoms in total. The van der Waals surface area contributed by atoms with Gasteiger partial charge in [0.05, 0.1) is 11.6 Å². The third kappa shape index (κ3) is 4.61. The van der Waals surface area contributed by atoms with Gasteiger partial charge in [-0.2, -0.15) is 5.10 Å². The van der Waals surface area contributed by atoms with Gasteiger partial charge >= 0.3 is 6.03 Å². The Morgan fingerprint density at radius 2 is 2.04 bits per heavy atom. The van der Waals surface area contributed by atoms with Crippen molar-refractivity contribution in [1.29, 1.82) is 0 Å². The molecule has 0 saturated carbocycles. The number of carbonyl (C=O) groups is 1. The lowest BCUT2D eigenvalue weighted by molar-refractivity contribution is 0.199. The Hall–Kier alpha value is -2.96. The molecule has 142 valence electrons. The van der Waals surface area contributed by atoms with E-state index in [-0.39, 0.29) is 12.1 Å². The summed E-state index contributed by atoms with van der Waals surface area (Å²) in [5, 5.41) is 8.29. The number of rotatable bonds is 6. The first-order chi connectivity index (χ1) is 12.9. The average Bonchev–Trinajstić information content (AvgIpc) is 3.06. The molecule has 0 aliphatic carbocycles. The standard InChI is InChI=1S/C20H26N6O/c1-14(2)9-18(19-22-13-23-26(19)4)24-20(27)25(3)12-15-10-16-7-5-6-8-17(16)21-11-15/h5-8,10-11,13-14,18H,9,12H2,1-4H3,(H,24,27)/t18-/m0/s1. The maximum Gasteiger partial charge on any atom is 0.318 e. The van der Waals surface area contributed by atoms with Gasteiger partial charge in [0.25, 0.3) is 0 Å². The van der Waals surface area contributed by atoms with Crippen LogP contribution in [0.3, 0.4) is 0 Å². The van der Waals surface area contributed by atoms with E-state index in [2.05, 4.69) is 40.3 Å². The van der Waals surface area contributed by atoms with Crippen LogP contribution in [0, 0.1) is 5.92 Å². The van der Waals surface area contributed by atoms with Gasteiger partial charge in [0.1, 0.15) is 12.2 Å². The zero-order chi connectivity index (χ0) is 19.4. The molecule has 0 radical (unpaired) electrons. The number of hydrogen-bond donors (Lipinski definition) is 1. The molecule has 7 heteroatoms. The fraction of sp³-hybridized carbons (Fsp3) is 0.400. The van der Waals surface area contributed by atoms with E-state index in [0.29, 0.717) is 12.5 Å². The van der Waals surface area contributed by atoms with Gasteiger partial charge in [-0.25, -0.2) is 9.78 Å². The molecule has 3 rings (SSSR count). The molecular weight excluding hydrogens is 340 g/mol.